The zero-order valence-corrected chi connectivity index (χ0v) is 10.2. The first-order valence-electron chi connectivity index (χ1n) is 5.76. The molecule has 0 amide bonds. The fourth-order valence-corrected chi connectivity index (χ4v) is 2.10. The molecule has 0 fully saturated rings. The van der Waals surface area contributed by atoms with E-state index < -0.39 is 0 Å². The Morgan fingerprint density at radius 1 is 1.25 bits per heavy atom. The third-order valence-electron chi connectivity index (χ3n) is 2.90. The summed E-state index contributed by atoms with van der Waals surface area (Å²) in [6.07, 6.45) is 0. The summed E-state index contributed by atoms with van der Waals surface area (Å²) < 4.78 is 0. The molecule has 0 heterocycles. The number of hydrogen-bond acceptors (Lipinski definition) is 3. The first-order valence-corrected chi connectivity index (χ1v) is 5.76. The average Bonchev–Trinajstić information content (AvgIpc) is 2.26. The molecule has 0 saturated carbocycles. The van der Waals surface area contributed by atoms with Crippen molar-refractivity contribution >= 4 is 0 Å². The van der Waals surface area contributed by atoms with Crippen molar-refractivity contribution in [1.82, 2.24) is 4.90 Å². The number of para-hydroxylation sites is 1. The minimum absolute atomic E-state index is 0.0175. The second-order valence-electron chi connectivity index (χ2n) is 4.18. The van der Waals surface area contributed by atoms with Crippen LogP contribution in [-0.2, 0) is 0 Å². The van der Waals surface area contributed by atoms with Crippen LogP contribution in [0.1, 0.15) is 32.4 Å². The molecule has 0 aliphatic heterocycles. The molecule has 0 bridgehead atoms. The van der Waals surface area contributed by atoms with Gasteiger partial charge in [0.1, 0.15) is 5.75 Å². The molecule has 0 aliphatic rings. The van der Waals surface area contributed by atoms with E-state index in [0.29, 0.717) is 6.04 Å². The predicted molar refractivity (Wildman–Crippen MR) is 65.4 cm³/mol. The molecule has 0 aromatic heterocycles. The van der Waals surface area contributed by atoms with Crippen molar-refractivity contribution in [3.05, 3.63) is 29.8 Å². The van der Waals surface area contributed by atoms with Gasteiger partial charge >= 0.3 is 0 Å². The van der Waals surface area contributed by atoms with Gasteiger partial charge in [-0.1, -0.05) is 25.1 Å². The maximum Gasteiger partial charge on any atom is 0.120 e. The quantitative estimate of drug-likeness (QED) is 0.804. The molecule has 0 spiro atoms. The van der Waals surface area contributed by atoms with Crippen LogP contribution in [0.3, 0.4) is 0 Å². The Morgan fingerprint density at radius 3 is 2.31 bits per heavy atom. The Balaban J connectivity index is 3.02. The average molecular weight is 223 g/mol. The topological polar surface area (TPSA) is 43.7 Å². The summed E-state index contributed by atoms with van der Waals surface area (Å²) in [7, 11) is 0. The van der Waals surface area contributed by atoms with E-state index >= 15 is 0 Å². The minimum Gasteiger partial charge on any atom is -0.508 e. The number of rotatable bonds is 5. The van der Waals surface area contributed by atoms with Crippen molar-refractivity contribution in [1.29, 1.82) is 0 Å². The highest BCUT2D eigenvalue weighted by atomic mass is 16.3. The Morgan fingerprint density at radius 2 is 1.88 bits per heavy atom. The lowest BCUT2D eigenvalue weighted by molar-refractivity contribution is 0.0991. The zero-order valence-electron chi connectivity index (χ0n) is 10.2. The molecule has 1 aromatic carbocycles. The van der Waals surface area contributed by atoms with Gasteiger partial charge in [-0.15, -0.1) is 0 Å². The lowest BCUT2D eigenvalue weighted by atomic mass is 10.0. The lowest BCUT2D eigenvalue weighted by Gasteiger charge is -2.33. The number of aliphatic hydroxyl groups is 1. The fourth-order valence-electron chi connectivity index (χ4n) is 2.10. The molecule has 0 saturated heterocycles. The van der Waals surface area contributed by atoms with E-state index in [1.807, 2.05) is 12.1 Å². The Labute approximate surface area is 97.3 Å². The standard InChI is InChI=1S/C13H21NO2/c1-4-14(10(2)3)12(9-15)11-7-5-6-8-13(11)16/h5-8,10,12,15-16H,4,9H2,1-3H3. The molecule has 0 radical (unpaired) electrons. The number of benzene rings is 1. The zero-order chi connectivity index (χ0) is 12.1. The number of phenolic OH excluding ortho intramolecular Hbond substituents is 1. The van der Waals surface area contributed by atoms with Gasteiger partial charge in [0.2, 0.25) is 0 Å². The van der Waals surface area contributed by atoms with E-state index in [0.717, 1.165) is 12.1 Å². The largest absolute Gasteiger partial charge is 0.508 e. The number of aliphatic hydroxyl groups excluding tert-OH is 1. The van der Waals surface area contributed by atoms with Crippen LogP contribution in [0.2, 0.25) is 0 Å². The van der Waals surface area contributed by atoms with Crippen LogP contribution in [0.25, 0.3) is 0 Å². The summed E-state index contributed by atoms with van der Waals surface area (Å²) in [4.78, 5) is 2.16. The summed E-state index contributed by atoms with van der Waals surface area (Å²) in [5.41, 5.74) is 0.792. The van der Waals surface area contributed by atoms with Crippen LogP contribution in [0.4, 0.5) is 0 Å². The first-order chi connectivity index (χ1) is 7.61. The van der Waals surface area contributed by atoms with Gasteiger partial charge in [-0.2, -0.15) is 0 Å². The number of nitrogens with zero attached hydrogens (tertiary/aromatic N) is 1. The smallest absolute Gasteiger partial charge is 0.120 e. The molecule has 3 heteroatoms. The number of likely N-dealkylation sites (N-methyl/N-ethyl adjacent to an activating group) is 1. The summed E-state index contributed by atoms with van der Waals surface area (Å²) in [5, 5.41) is 19.3. The highest BCUT2D eigenvalue weighted by molar-refractivity contribution is 5.34. The van der Waals surface area contributed by atoms with E-state index in [1.54, 1.807) is 12.1 Å². The number of aromatic hydroxyl groups is 1. The normalized spacial score (nSPS) is 13.4. The van der Waals surface area contributed by atoms with Gasteiger partial charge in [-0.3, -0.25) is 4.90 Å². The van der Waals surface area contributed by atoms with Gasteiger partial charge in [0.05, 0.1) is 12.6 Å². The molecule has 1 unspecified atom stereocenters. The maximum absolute atomic E-state index is 9.80. The third-order valence-corrected chi connectivity index (χ3v) is 2.90. The molecule has 90 valence electrons. The molecule has 3 nitrogen and oxygen atoms in total. The van der Waals surface area contributed by atoms with E-state index in [4.69, 9.17) is 0 Å². The molecule has 1 rings (SSSR count). The second-order valence-corrected chi connectivity index (χ2v) is 4.18. The highest BCUT2D eigenvalue weighted by Gasteiger charge is 2.22. The predicted octanol–water partition coefficient (Wildman–Crippen LogP) is 2.16. The highest BCUT2D eigenvalue weighted by Crippen LogP contribution is 2.29. The number of phenols is 1. The third kappa shape index (κ3) is 2.74. The van der Waals surface area contributed by atoms with E-state index in [1.165, 1.54) is 0 Å². The molecule has 1 aromatic rings. The van der Waals surface area contributed by atoms with Crippen LogP contribution >= 0.6 is 0 Å². The van der Waals surface area contributed by atoms with E-state index in [9.17, 15) is 10.2 Å². The van der Waals surface area contributed by atoms with Crippen LogP contribution in [0, 0.1) is 0 Å². The Bertz CT molecular complexity index is 325. The SMILES string of the molecule is CCN(C(C)C)C(CO)c1ccccc1O. The second kappa shape index (κ2) is 5.87. The maximum atomic E-state index is 9.80. The number of hydrogen-bond donors (Lipinski definition) is 2. The van der Waals surface area contributed by atoms with Crippen molar-refractivity contribution in [2.45, 2.75) is 32.9 Å². The Hall–Kier alpha value is -1.06. The summed E-state index contributed by atoms with van der Waals surface area (Å²) in [6, 6.07) is 7.39. The van der Waals surface area contributed by atoms with Crippen molar-refractivity contribution in [2.75, 3.05) is 13.2 Å². The van der Waals surface area contributed by atoms with E-state index in [-0.39, 0.29) is 18.4 Å². The Kier molecular flexibility index (Phi) is 4.77. The first kappa shape index (κ1) is 13.0. The van der Waals surface area contributed by atoms with E-state index in [2.05, 4.69) is 25.7 Å². The van der Waals surface area contributed by atoms with Crippen LogP contribution in [-0.4, -0.2) is 34.3 Å². The van der Waals surface area contributed by atoms with Crippen molar-refractivity contribution in [3.63, 3.8) is 0 Å². The van der Waals surface area contributed by atoms with Crippen LogP contribution < -0.4 is 0 Å². The van der Waals surface area contributed by atoms with Gasteiger partial charge in [0.25, 0.3) is 0 Å². The van der Waals surface area contributed by atoms with Crippen LogP contribution in [0.5, 0.6) is 5.75 Å². The monoisotopic (exact) mass is 223 g/mol. The summed E-state index contributed by atoms with van der Waals surface area (Å²) >= 11 is 0. The molecular weight excluding hydrogens is 202 g/mol. The van der Waals surface area contributed by atoms with Crippen molar-refractivity contribution in [3.8, 4) is 5.75 Å². The van der Waals surface area contributed by atoms with Crippen molar-refractivity contribution in [2.24, 2.45) is 0 Å². The van der Waals surface area contributed by atoms with Gasteiger partial charge in [-0.05, 0) is 26.5 Å². The summed E-state index contributed by atoms with van der Waals surface area (Å²) in [5.74, 6) is 0.251. The molecule has 1 atom stereocenters. The molecule has 2 N–H and O–H groups in total. The molecular formula is C13H21NO2. The molecule has 0 aliphatic carbocycles. The molecule has 16 heavy (non-hydrogen) atoms. The fraction of sp³-hybridized carbons (Fsp3) is 0.538. The minimum atomic E-state index is -0.133. The summed E-state index contributed by atoms with van der Waals surface area (Å²) in [6.45, 7) is 7.10. The van der Waals surface area contributed by atoms with Gasteiger partial charge in [0.15, 0.2) is 0 Å². The van der Waals surface area contributed by atoms with Crippen molar-refractivity contribution < 1.29 is 10.2 Å². The lowest BCUT2D eigenvalue weighted by Crippen LogP contribution is -2.36. The van der Waals surface area contributed by atoms with Crippen LogP contribution in [0.15, 0.2) is 24.3 Å². The van der Waals surface area contributed by atoms with Gasteiger partial charge in [-0.25, -0.2) is 0 Å². The van der Waals surface area contributed by atoms with Gasteiger partial charge < -0.3 is 10.2 Å². The van der Waals surface area contributed by atoms with Gasteiger partial charge in [0, 0.05) is 11.6 Å².